The molecule has 1 aromatic rings. The molecule has 0 aliphatic carbocycles. The molecule has 0 radical (unpaired) electrons. The van der Waals surface area contributed by atoms with Crippen LogP contribution >= 0.6 is 23.2 Å². The van der Waals surface area contributed by atoms with Gasteiger partial charge in [-0.15, -0.1) is 0 Å². The van der Waals surface area contributed by atoms with Gasteiger partial charge in [-0.3, -0.25) is 9.59 Å². The van der Waals surface area contributed by atoms with Crippen molar-refractivity contribution in [3.05, 3.63) is 39.9 Å². The first-order valence-electron chi connectivity index (χ1n) is 6.50. The van der Waals surface area contributed by atoms with E-state index in [1.54, 1.807) is 24.3 Å². The molecule has 0 saturated heterocycles. The lowest BCUT2D eigenvalue weighted by atomic mass is 10.2. The molecule has 6 heteroatoms. The van der Waals surface area contributed by atoms with Crippen molar-refractivity contribution in [3.8, 4) is 0 Å². The third kappa shape index (κ3) is 5.40. The Labute approximate surface area is 134 Å². The van der Waals surface area contributed by atoms with Gasteiger partial charge >= 0.3 is 5.97 Å². The van der Waals surface area contributed by atoms with E-state index in [2.05, 4.69) is 0 Å². The van der Waals surface area contributed by atoms with E-state index in [-0.39, 0.29) is 18.5 Å². The number of carbonyl (C=O) groups excluding carboxylic acids is 1. The summed E-state index contributed by atoms with van der Waals surface area (Å²) < 4.78 is 0. The van der Waals surface area contributed by atoms with Crippen molar-refractivity contribution in [1.82, 2.24) is 4.90 Å². The summed E-state index contributed by atoms with van der Waals surface area (Å²) in [5, 5.41) is 9.82. The van der Waals surface area contributed by atoms with Crippen LogP contribution in [-0.2, 0) is 9.59 Å². The van der Waals surface area contributed by atoms with Crippen LogP contribution in [0, 0.1) is 0 Å². The Morgan fingerprint density at radius 2 is 2.05 bits per heavy atom. The van der Waals surface area contributed by atoms with Crippen molar-refractivity contribution >= 4 is 41.2 Å². The summed E-state index contributed by atoms with van der Waals surface area (Å²) >= 11 is 11.8. The van der Waals surface area contributed by atoms with Crippen LogP contribution in [0.3, 0.4) is 0 Å². The fourth-order valence-corrected chi connectivity index (χ4v) is 2.18. The van der Waals surface area contributed by atoms with E-state index < -0.39 is 5.97 Å². The number of rotatable bonds is 6. The van der Waals surface area contributed by atoms with E-state index in [1.165, 1.54) is 11.0 Å². The molecule has 0 aliphatic heterocycles. The smallest absolute Gasteiger partial charge is 0.323 e. The van der Waals surface area contributed by atoms with Crippen LogP contribution in [-0.4, -0.2) is 34.5 Å². The summed E-state index contributed by atoms with van der Waals surface area (Å²) in [6.45, 7) is 3.38. The monoisotopic (exact) mass is 329 g/mol. The first-order chi connectivity index (χ1) is 9.85. The molecule has 1 N–H and O–H groups in total. The Morgan fingerprint density at radius 3 is 2.57 bits per heavy atom. The summed E-state index contributed by atoms with van der Waals surface area (Å²) in [6.07, 6.45) is 3.55. The average Bonchev–Trinajstić information content (AvgIpc) is 2.42. The number of halogens is 2. The first-order valence-corrected chi connectivity index (χ1v) is 7.26. The highest BCUT2D eigenvalue weighted by Gasteiger charge is 2.19. The van der Waals surface area contributed by atoms with E-state index >= 15 is 0 Å². The van der Waals surface area contributed by atoms with Crippen LogP contribution in [0.5, 0.6) is 0 Å². The van der Waals surface area contributed by atoms with Crippen LogP contribution in [0.2, 0.25) is 10.0 Å². The second kappa shape index (κ2) is 8.05. The lowest BCUT2D eigenvalue weighted by Gasteiger charge is -2.25. The van der Waals surface area contributed by atoms with Gasteiger partial charge in [-0.2, -0.15) is 0 Å². The fourth-order valence-electron chi connectivity index (χ4n) is 1.71. The molecular formula is C15H17Cl2NO3. The van der Waals surface area contributed by atoms with Crippen LogP contribution in [0.25, 0.3) is 6.08 Å². The number of carbonyl (C=O) groups is 2. The lowest BCUT2D eigenvalue weighted by Crippen LogP contribution is -2.40. The third-order valence-electron chi connectivity index (χ3n) is 3.08. The van der Waals surface area contributed by atoms with E-state index in [0.717, 1.165) is 0 Å². The second-order valence-corrected chi connectivity index (χ2v) is 5.46. The molecule has 0 heterocycles. The maximum Gasteiger partial charge on any atom is 0.323 e. The van der Waals surface area contributed by atoms with E-state index in [0.29, 0.717) is 22.0 Å². The number of carboxylic acids is 1. The largest absolute Gasteiger partial charge is 0.480 e. The molecule has 1 atom stereocenters. The van der Waals surface area contributed by atoms with Crippen molar-refractivity contribution in [2.24, 2.45) is 0 Å². The van der Waals surface area contributed by atoms with Gasteiger partial charge in [0.05, 0.1) is 0 Å². The number of aliphatic carboxylic acids is 1. The third-order valence-corrected chi connectivity index (χ3v) is 3.64. The zero-order valence-corrected chi connectivity index (χ0v) is 13.4. The zero-order valence-electron chi connectivity index (χ0n) is 11.8. The molecule has 0 aliphatic rings. The van der Waals surface area contributed by atoms with Gasteiger partial charge < -0.3 is 10.0 Å². The number of hydrogen-bond acceptors (Lipinski definition) is 2. The quantitative estimate of drug-likeness (QED) is 0.809. The van der Waals surface area contributed by atoms with Gasteiger partial charge in [0, 0.05) is 22.2 Å². The van der Waals surface area contributed by atoms with E-state index in [9.17, 15) is 9.59 Å². The Balaban J connectivity index is 2.89. The minimum atomic E-state index is -1.04. The van der Waals surface area contributed by atoms with Gasteiger partial charge in [0.25, 0.3) is 0 Å². The van der Waals surface area contributed by atoms with Crippen molar-refractivity contribution in [3.63, 3.8) is 0 Å². The standard InChI is InChI=1S/C15H17Cl2NO3/c1-3-10(2)18(9-15(20)21)14(19)7-5-11-4-6-12(16)8-13(11)17/h4-8,10H,3,9H2,1-2H3,(H,20,21)/b7-5+. The Kier molecular flexibility index (Phi) is 6.72. The molecule has 4 nitrogen and oxygen atoms in total. The summed E-state index contributed by atoms with van der Waals surface area (Å²) in [5.74, 6) is -1.40. The molecular weight excluding hydrogens is 313 g/mol. The topological polar surface area (TPSA) is 57.6 Å². The predicted molar refractivity (Wildman–Crippen MR) is 84.6 cm³/mol. The Morgan fingerprint density at radius 1 is 1.38 bits per heavy atom. The van der Waals surface area contributed by atoms with Crippen LogP contribution in [0.1, 0.15) is 25.8 Å². The number of hydrogen-bond donors (Lipinski definition) is 1. The van der Waals surface area contributed by atoms with Crippen LogP contribution in [0.4, 0.5) is 0 Å². The number of benzene rings is 1. The number of nitrogens with zero attached hydrogens (tertiary/aromatic N) is 1. The van der Waals surface area contributed by atoms with Crippen LogP contribution < -0.4 is 0 Å². The average molecular weight is 330 g/mol. The molecule has 1 amide bonds. The van der Waals surface area contributed by atoms with Gasteiger partial charge in [0.2, 0.25) is 5.91 Å². The molecule has 21 heavy (non-hydrogen) atoms. The van der Waals surface area contributed by atoms with E-state index in [4.69, 9.17) is 28.3 Å². The summed E-state index contributed by atoms with van der Waals surface area (Å²) in [5.41, 5.74) is 0.647. The van der Waals surface area contributed by atoms with Gasteiger partial charge in [-0.25, -0.2) is 0 Å². The highest BCUT2D eigenvalue weighted by Crippen LogP contribution is 2.22. The fraction of sp³-hybridized carbons (Fsp3) is 0.333. The summed E-state index contributed by atoms with van der Waals surface area (Å²) in [4.78, 5) is 24.3. The van der Waals surface area contributed by atoms with Crippen molar-refractivity contribution < 1.29 is 14.7 Å². The Hall–Kier alpha value is -1.52. The highest BCUT2D eigenvalue weighted by atomic mass is 35.5. The maximum atomic E-state index is 12.1. The SMILES string of the molecule is CCC(C)N(CC(=O)O)C(=O)/C=C/c1ccc(Cl)cc1Cl. The van der Waals surface area contributed by atoms with Gasteiger partial charge in [0.1, 0.15) is 6.54 Å². The van der Waals surface area contributed by atoms with Gasteiger partial charge in [-0.05, 0) is 37.1 Å². The van der Waals surface area contributed by atoms with Gasteiger partial charge in [-0.1, -0.05) is 36.2 Å². The van der Waals surface area contributed by atoms with Gasteiger partial charge in [0.15, 0.2) is 0 Å². The second-order valence-electron chi connectivity index (χ2n) is 4.62. The molecule has 1 rings (SSSR count). The van der Waals surface area contributed by atoms with Crippen molar-refractivity contribution in [2.75, 3.05) is 6.54 Å². The molecule has 0 saturated carbocycles. The molecule has 1 unspecified atom stereocenters. The number of amides is 1. The maximum absolute atomic E-state index is 12.1. The van der Waals surface area contributed by atoms with E-state index in [1.807, 2.05) is 13.8 Å². The minimum absolute atomic E-state index is 0.154. The predicted octanol–water partition coefficient (Wildman–Crippen LogP) is 3.72. The van der Waals surface area contributed by atoms with Crippen LogP contribution in [0.15, 0.2) is 24.3 Å². The van der Waals surface area contributed by atoms with Crippen molar-refractivity contribution in [2.45, 2.75) is 26.3 Å². The number of carboxylic acid groups (broad SMARTS) is 1. The minimum Gasteiger partial charge on any atom is -0.480 e. The summed E-state index contributed by atoms with van der Waals surface area (Å²) in [7, 11) is 0. The molecule has 0 fully saturated rings. The summed E-state index contributed by atoms with van der Waals surface area (Å²) in [6, 6.07) is 4.79. The molecule has 0 spiro atoms. The zero-order chi connectivity index (χ0) is 16.0. The molecule has 114 valence electrons. The first kappa shape index (κ1) is 17.5. The molecule has 1 aromatic carbocycles. The molecule has 0 aromatic heterocycles. The Bertz CT molecular complexity index is 558. The lowest BCUT2D eigenvalue weighted by molar-refractivity contribution is -0.144. The van der Waals surface area contributed by atoms with Crippen molar-refractivity contribution in [1.29, 1.82) is 0 Å². The highest BCUT2D eigenvalue weighted by molar-refractivity contribution is 6.35. The molecule has 0 bridgehead atoms. The normalized spacial score (nSPS) is 12.4.